The summed E-state index contributed by atoms with van der Waals surface area (Å²) in [5, 5.41) is 10.3. The number of allylic oxidation sites excluding steroid dienone is 2. The van der Waals surface area contributed by atoms with Gasteiger partial charge in [0.2, 0.25) is 0 Å². The first-order chi connectivity index (χ1) is 9.54. The van der Waals surface area contributed by atoms with Crippen LogP contribution in [0.2, 0.25) is 0 Å². The molecule has 104 valence electrons. The smallest absolute Gasteiger partial charge is 0.316 e. The highest BCUT2D eigenvalue weighted by molar-refractivity contribution is 5.94. The molecule has 1 aliphatic carbocycles. The number of rotatable bonds is 4. The molecule has 0 saturated carbocycles. The Morgan fingerprint density at radius 2 is 1.95 bits per heavy atom. The lowest BCUT2D eigenvalue weighted by Gasteiger charge is -2.29. The molecule has 2 rings (SSSR count). The maximum atomic E-state index is 12.1. The van der Waals surface area contributed by atoms with Crippen molar-refractivity contribution in [2.45, 2.75) is 19.1 Å². The number of esters is 1. The van der Waals surface area contributed by atoms with E-state index >= 15 is 0 Å². The summed E-state index contributed by atoms with van der Waals surface area (Å²) >= 11 is 0. The van der Waals surface area contributed by atoms with Crippen molar-refractivity contribution < 1.29 is 19.4 Å². The number of aliphatic hydroxyl groups is 1. The van der Waals surface area contributed by atoms with Crippen LogP contribution in [-0.2, 0) is 20.9 Å². The van der Waals surface area contributed by atoms with E-state index in [4.69, 9.17) is 4.74 Å². The molecule has 1 aromatic carbocycles. The third-order valence-corrected chi connectivity index (χ3v) is 3.28. The number of Topliss-reactive ketones (excluding diaryl/α,β-unsaturated/α-hetero) is 1. The van der Waals surface area contributed by atoms with Crippen LogP contribution >= 0.6 is 0 Å². The summed E-state index contributed by atoms with van der Waals surface area (Å²) in [7, 11) is 0. The molecule has 0 saturated heterocycles. The molecule has 0 radical (unpaired) electrons. The monoisotopic (exact) mass is 272 g/mol. The summed E-state index contributed by atoms with van der Waals surface area (Å²) < 4.78 is 5.18. The van der Waals surface area contributed by atoms with Crippen LogP contribution in [0.4, 0.5) is 0 Å². The number of carbonyl (C=O) groups excluding carboxylic acids is 2. The molecule has 20 heavy (non-hydrogen) atoms. The predicted octanol–water partition coefficient (Wildman–Crippen LogP) is 1.79. The van der Waals surface area contributed by atoms with Gasteiger partial charge in [-0.1, -0.05) is 48.6 Å². The van der Waals surface area contributed by atoms with Gasteiger partial charge in [-0.3, -0.25) is 9.59 Å². The minimum Gasteiger partial charge on any atom is -0.460 e. The van der Waals surface area contributed by atoms with Gasteiger partial charge in [-0.2, -0.15) is 0 Å². The molecule has 2 atom stereocenters. The largest absolute Gasteiger partial charge is 0.460 e. The van der Waals surface area contributed by atoms with E-state index in [-0.39, 0.29) is 6.61 Å². The first-order valence-corrected chi connectivity index (χ1v) is 6.34. The Bertz CT molecular complexity index is 559. The van der Waals surface area contributed by atoms with Crippen LogP contribution in [0.3, 0.4) is 0 Å². The Kier molecular flexibility index (Phi) is 4.15. The number of hydrogen-bond acceptors (Lipinski definition) is 4. The van der Waals surface area contributed by atoms with Gasteiger partial charge >= 0.3 is 5.97 Å². The Morgan fingerprint density at radius 3 is 2.60 bits per heavy atom. The minimum atomic E-state index is -1.82. The van der Waals surface area contributed by atoms with Gasteiger partial charge in [-0.25, -0.2) is 0 Å². The fraction of sp³-hybridized carbons (Fsp3) is 0.250. The van der Waals surface area contributed by atoms with Crippen LogP contribution in [0.15, 0.2) is 54.6 Å². The Labute approximate surface area is 117 Å². The summed E-state index contributed by atoms with van der Waals surface area (Å²) in [6, 6.07) is 9.23. The van der Waals surface area contributed by atoms with Gasteiger partial charge in [0.15, 0.2) is 11.4 Å². The van der Waals surface area contributed by atoms with Crippen LogP contribution in [0.5, 0.6) is 0 Å². The van der Waals surface area contributed by atoms with Crippen molar-refractivity contribution in [3.8, 4) is 0 Å². The van der Waals surface area contributed by atoms with Gasteiger partial charge in [-0.05, 0) is 18.6 Å². The maximum Gasteiger partial charge on any atom is 0.316 e. The van der Waals surface area contributed by atoms with Gasteiger partial charge in [0, 0.05) is 0 Å². The van der Waals surface area contributed by atoms with Crippen molar-refractivity contribution in [3.63, 3.8) is 0 Å². The van der Waals surface area contributed by atoms with Gasteiger partial charge in [0.25, 0.3) is 0 Å². The molecule has 2 unspecified atom stereocenters. The lowest BCUT2D eigenvalue weighted by atomic mass is 9.81. The first kappa shape index (κ1) is 14.2. The van der Waals surface area contributed by atoms with E-state index in [0.717, 1.165) is 5.56 Å². The first-order valence-electron chi connectivity index (χ1n) is 6.34. The van der Waals surface area contributed by atoms with Gasteiger partial charge < -0.3 is 9.84 Å². The number of ether oxygens (including phenoxy) is 1. The van der Waals surface area contributed by atoms with E-state index < -0.39 is 23.3 Å². The molecule has 1 aliphatic rings. The SMILES string of the molecule is CC(=O)C1(O)C=CC=CC1C(=O)OCc1ccccc1. The Balaban J connectivity index is 2.06. The summed E-state index contributed by atoms with van der Waals surface area (Å²) in [5.74, 6) is -2.11. The number of benzene rings is 1. The number of ketones is 1. The molecule has 0 amide bonds. The molecule has 0 bridgehead atoms. The molecule has 0 fully saturated rings. The van der Waals surface area contributed by atoms with Gasteiger partial charge in [0.05, 0.1) is 0 Å². The fourth-order valence-corrected chi connectivity index (χ4v) is 2.04. The van der Waals surface area contributed by atoms with Gasteiger partial charge in [0.1, 0.15) is 12.5 Å². The maximum absolute atomic E-state index is 12.1. The second kappa shape index (κ2) is 5.84. The lowest BCUT2D eigenvalue weighted by molar-refractivity contribution is -0.158. The molecule has 0 spiro atoms. The van der Waals surface area contributed by atoms with E-state index in [1.807, 2.05) is 30.3 Å². The summed E-state index contributed by atoms with van der Waals surface area (Å²) in [6.45, 7) is 1.36. The highest BCUT2D eigenvalue weighted by atomic mass is 16.5. The molecule has 0 aromatic heterocycles. The number of hydrogen-bond donors (Lipinski definition) is 1. The zero-order valence-electron chi connectivity index (χ0n) is 11.2. The van der Waals surface area contributed by atoms with Gasteiger partial charge in [-0.15, -0.1) is 0 Å². The van der Waals surface area contributed by atoms with Crippen molar-refractivity contribution >= 4 is 11.8 Å². The number of carbonyl (C=O) groups is 2. The quantitative estimate of drug-likeness (QED) is 0.849. The molecule has 4 nitrogen and oxygen atoms in total. The average molecular weight is 272 g/mol. The van der Waals surface area contributed by atoms with Crippen LogP contribution in [-0.4, -0.2) is 22.5 Å². The summed E-state index contributed by atoms with van der Waals surface area (Å²) in [4.78, 5) is 23.6. The lowest BCUT2D eigenvalue weighted by Crippen LogP contribution is -2.47. The van der Waals surface area contributed by atoms with E-state index in [2.05, 4.69) is 0 Å². The molecular formula is C16H16O4. The predicted molar refractivity (Wildman–Crippen MR) is 73.6 cm³/mol. The zero-order chi connectivity index (χ0) is 14.6. The normalized spacial score (nSPS) is 24.4. The highest BCUT2D eigenvalue weighted by Crippen LogP contribution is 2.27. The van der Waals surface area contributed by atoms with Crippen LogP contribution < -0.4 is 0 Å². The standard InChI is InChI=1S/C16H16O4/c1-12(17)16(19)10-6-5-9-14(16)15(18)20-11-13-7-3-2-4-8-13/h2-10,14,19H,11H2,1H3. The van der Waals surface area contributed by atoms with Crippen molar-refractivity contribution in [3.05, 3.63) is 60.2 Å². The molecule has 1 N–H and O–H groups in total. The van der Waals surface area contributed by atoms with E-state index in [9.17, 15) is 14.7 Å². The van der Waals surface area contributed by atoms with Crippen LogP contribution in [0, 0.1) is 5.92 Å². The van der Waals surface area contributed by atoms with Crippen LogP contribution in [0.25, 0.3) is 0 Å². The topological polar surface area (TPSA) is 63.6 Å². The van der Waals surface area contributed by atoms with Crippen molar-refractivity contribution in [2.75, 3.05) is 0 Å². The summed E-state index contributed by atoms with van der Waals surface area (Å²) in [5.41, 5.74) is -0.967. The van der Waals surface area contributed by atoms with E-state index in [1.54, 1.807) is 12.2 Å². The van der Waals surface area contributed by atoms with Crippen molar-refractivity contribution in [2.24, 2.45) is 5.92 Å². The molecule has 0 aliphatic heterocycles. The molecule has 1 aromatic rings. The molecule has 4 heteroatoms. The van der Waals surface area contributed by atoms with E-state index in [0.29, 0.717) is 0 Å². The Morgan fingerprint density at radius 1 is 1.25 bits per heavy atom. The molecular weight excluding hydrogens is 256 g/mol. The second-order valence-electron chi connectivity index (χ2n) is 4.70. The minimum absolute atomic E-state index is 0.113. The molecule has 0 heterocycles. The fourth-order valence-electron chi connectivity index (χ4n) is 2.04. The average Bonchev–Trinajstić information content (AvgIpc) is 2.46. The van der Waals surface area contributed by atoms with Crippen LogP contribution in [0.1, 0.15) is 12.5 Å². The van der Waals surface area contributed by atoms with E-state index in [1.165, 1.54) is 19.1 Å². The van der Waals surface area contributed by atoms with Crippen molar-refractivity contribution in [1.29, 1.82) is 0 Å². The van der Waals surface area contributed by atoms with Crippen molar-refractivity contribution in [1.82, 2.24) is 0 Å². The second-order valence-corrected chi connectivity index (χ2v) is 4.70. The zero-order valence-corrected chi connectivity index (χ0v) is 11.2. The Hall–Kier alpha value is -2.20. The third-order valence-electron chi connectivity index (χ3n) is 3.28. The third kappa shape index (κ3) is 2.86. The highest BCUT2D eigenvalue weighted by Gasteiger charge is 2.44. The summed E-state index contributed by atoms with van der Waals surface area (Å²) in [6.07, 6.45) is 5.97.